The van der Waals surface area contributed by atoms with Crippen LogP contribution in [0.2, 0.25) is 5.02 Å². The molecule has 5 nitrogen and oxygen atoms in total. The Hall–Kier alpha value is -2.66. The van der Waals surface area contributed by atoms with Gasteiger partial charge in [-0.2, -0.15) is 5.10 Å². The lowest BCUT2D eigenvalue weighted by Crippen LogP contribution is -2.37. The molecular weight excluding hydrogens is 398 g/mol. The second kappa shape index (κ2) is 7.88. The van der Waals surface area contributed by atoms with Gasteiger partial charge in [0.15, 0.2) is 0 Å². The maximum Gasteiger partial charge on any atom is 0.251 e. The van der Waals surface area contributed by atoms with E-state index in [4.69, 9.17) is 16.3 Å². The molecule has 3 aromatic rings. The molecule has 2 aliphatic rings. The van der Waals surface area contributed by atoms with Crippen LogP contribution in [0.25, 0.3) is 10.8 Å². The van der Waals surface area contributed by atoms with Crippen LogP contribution in [0.4, 0.5) is 0 Å². The number of ether oxygens (including phenoxy) is 1. The highest BCUT2D eigenvalue weighted by Crippen LogP contribution is 2.60. The fourth-order valence-corrected chi connectivity index (χ4v) is 5.23. The zero-order valence-corrected chi connectivity index (χ0v) is 17.5. The minimum atomic E-state index is -0.0256. The Bertz CT molecular complexity index is 1050. The third-order valence-electron chi connectivity index (χ3n) is 6.61. The summed E-state index contributed by atoms with van der Waals surface area (Å²) >= 11 is 5.93. The molecule has 2 saturated carbocycles. The Balaban J connectivity index is 1.20. The van der Waals surface area contributed by atoms with Crippen LogP contribution in [0.15, 0.2) is 54.7 Å². The first-order chi connectivity index (χ1) is 14.6. The largest absolute Gasteiger partial charge is 0.473 e. The number of carbonyl (C=O) groups excluding carboxylic acids is 1. The Morgan fingerprint density at radius 2 is 1.90 bits per heavy atom. The number of hydrogen-bond acceptors (Lipinski definition) is 4. The van der Waals surface area contributed by atoms with Crippen molar-refractivity contribution in [2.75, 3.05) is 0 Å². The van der Waals surface area contributed by atoms with Crippen LogP contribution in [0.5, 0.6) is 5.88 Å². The number of aromatic nitrogens is 2. The Kier molecular flexibility index (Phi) is 5.07. The van der Waals surface area contributed by atoms with Crippen molar-refractivity contribution >= 4 is 28.3 Å². The molecule has 6 heteroatoms. The SMILES string of the molecule is CC[C@H](NC(=O)c1ccc(Cl)cc1)C1[C@H]2CC(Oc3nncc4ccccc34)C[C@H]12. The first kappa shape index (κ1) is 19.3. The van der Waals surface area contributed by atoms with Gasteiger partial charge in [-0.3, -0.25) is 4.79 Å². The summed E-state index contributed by atoms with van der Waals surface area (Å²) in [5.74, 6) is 2.34. The highest BCUT2D eigenvalue weighted by atomic mass is 35.5. The van der Waals surface area contributed by atoms with Crippen molar-refractivity contribution in [3.63, 3.8) is 0 Å². The van der Waals surface area contributed by atoms with Gasteiger partial charge in [0.25, 0.3) is 5.91 Å². The number of benzene rings is 2. The van der Waals surface area contributed by atoms with Crippen molar-refractivity contribution < 1.29 is 9.53 Å². The van der Waals surface area contributed by atoms with Crippen LogP contribution in [-0.4, -0.2) is 28.3 Å². The van der Waals surface area contributed by atoms with Gasteiger partial charge in [0.2, 0.25) is 5.88 Å². The van der Waals surface area contributed by atoms with Crippen LogP contribution in [0.1, 0.15) is 36.5 Å². The molecule has 0 bridgehead atoms. The van der Waals surface area contributed by atoms with Crippen LogP contribution in [0, 0.1) is 17.8 Å². The number of amides is 1. The number of hydrogen-bond donors (Lipinski definition) is 1. The summed E-state index contributed by atoms with van der Waals surface area (Å²) in [5, 5.41) is 14.2. The molecule has 2 aromatic carbocycles. The topological polar surface area (TPSA) is 64.1 Å². The van der Waals surface area contributed by atoms with Crippen LogP contribution >= 0.6 is 11.6 Å². The standard InChI is InChI=1S/C24H24ClN3O2/c1-2-21(27-23(29)14-7-9-16(25)10-8-14)22-19-11-17(12-20(19)22)30-24-18-6-4-3-5-15(18)13-26-28-24/h3-10,13,17,19-22H,2,11-12H2,1H3,(H,27,29)/t17?,19-,20-,21-,22?/m0/s1. The minimum absolute atomic E-state index is 0.0256. The van der Waals surface area contributed by atoms with Gasteiger partial charge in [0, 0.05) is 27.4 Å². The predicted octanol–water partition coefficient (Wildman–Crippen LogP) is 4.90. The minimum Gasteiger partial charge on any atom is -0.473 e. The molecular formula is C24H24ClN3O2. The van der Waals surface area contributed by atoms with Gasteiger partial charge in [-0.05, 0) is 67.3 Å². The summed E-state index contributed by atoms with van der Waals surface area (Å²) in [6.07, 6.45) is 4.87. The monoisotopic (exact) mass is 421 g/mol. The fraction of sp³-hybridized carbons (Fsp3) is 0.375. The van der Waals surface area contributed by atoms with E-state index in [1.807, 2.05) is 24.3 Å². The molecule has 0 radical (unpaired) electrons. The van der Waals surface area contributed by atoms with Gasteiger partial charge in [-0.25, -0.2) is 0 Å². The first-order valence-corrected chi connectivity index (χ1v) is 11.0. The van der Waals surface area contributed by atoms with E-state index < -0.39 is 0 Å². The van der Waals surface area contributed by atoms with Gasteiger partial charge in [0.05, 0.1) is 6.20 Å². The Morgan fingerprint density at radius 1 is 1.17 bits per heavy atom. The lowest BCUT2D eigenvalue weighted by molar-refractivity contribution is 0.0924. The summed E-state index contributed by atoms with van der Waals surface area (Å²) in [6.45, 7) is 2.14. The van der Waals surface area contributed by atoms with Gasteiger partial charge in [0.1, 0.15) is 6.10 Å². The number of nitrogens with zero attached hydrogens (tertiary/aromatic N) is 2. The van der Waals surface area contributed by atoms with Crippen molar-refractivity contribution in [2.24, 2.45) is 17.8 Å². The summed E-state index contributed by atoms with van der Waals surface area (Å²) in [4.78, 5) is 12.6. The van der Waals surface area contributed by atoms with E-state index in [1.165, 1.54) is 0 Å². The molecule has 5 rings (SSSR count). The van der Waals surface area contributed by atoms with Crippen molar-refractivity contribution in [1.82, 2.24) is 15.5 Å². The number of carbonyl (C=O) groups is 1. The normalized spacial score (nSPS) is 23.7. The third kappa shape index (κ3) is 3.63. The number of nitrogens with one attached hydrogen (secondary N) is 1. The van der Waals surface area contributed by atoms with Gasteiger partial charge in [-0.15, -0.1) is 5.10 Å². The number of fused-ring (bicyclic) bond motifs is 2. The summed E-state index contributed by atoms with van der Waals surface area (Å²) < 4.78 is 6.24. The van der Waals surface area contributed by atoms with E-state index in [0.29, 0.717) is 34.2 Å². The molecule has 1 aromatic heterocycles. The lowest BCUT2D eigenvalue weighted by atomic mass is 10.00. The average molecular weight is 422 g/mol. The summed E-state index contributed by atoms with van der Waals surface area (Å²) in [6, 6.07) is 15.3. The van der Waals surface area contributed by atoms with Gasteiger partial charge in [-0.1, -0.05) is 36.7 Å². The average Bonchev–Trinajstić information content (AvgIpc) is 3.26. The number of rotatable bonds is 6. The maximum atomic E-state index is 12.6. The van der Waals surface area contributed by atoms with E-state index in [2.05, 4.69) is 22.4 Å². The van der Waals surface area contributed by atoms with E-state index in [9.17, 15) is 4.79 Å². The summed E-state index contributed by atoms with van der Waals surface area (Å²) in [7, 11) is 0. The molecule has 154 valence electrons. The molecule has 3 atom stereocenters. The molecule has 2 aliphatic carbocycles. The van der Waals surface area contributed by atoms with Crippen molar-refractivity contribution in [2.45, 2.75) is 38.3 Å². The Morgan fingerprint density at radius 3 is 2.63 bits per heavy atom. The van der Waals surface area contributed by atoms with Gasteiger partial charge < -0.3 is 10.1 Å². The highest BCUT2D eigenvalue weighted by Gasteiger charge is 2.59. The van der Waals surface area contributed by atoms with Crippen LogP contribution in [0.3, 0.4) is 0 Å². The van der Waals surface area contributed by atoms with E-state index >= 15 is 0 Å². The zero-order valence-electron chi connectivity index (χ0n) is 16.8. The van der Waals surface area contributed by atoms with Crippen molar-refractivity contribution in [1.29, 1.82) is 0 Å². The molecule has 0 unspecified atom stereocenters. The molecule has 1 N–H and O–H groups in total. The molecule has 2 fully saturated rings. The molecule has 30 heavy (non-hydrogen) atoms. The quantitative estimate of drug-likeness (QED) is 0.615. The molecule has 1 amide bonds. The lowest BCUT2D eigenvalue weighted by Gasteiger charge is -2.22. The second-order valence-corrected chi connectivity index (χ2v) is 8.78. The molecule has 0 spiro atoms. The van der Waals surface area contributed by atoms with Crippen molar-refractivity contribution in [3.8, 4) is 5.88 Å². The van der Waals surface area contributed by atoms with Crippen LogP contribution in [-0.2, 0) is 0 Å². The fourth-order valence-electron chi connectivity index (χ4n) is 5.10. The summed E-state index contributed by atoms with van der Waals surface area (Å²) in [5.41, 5.74) is 0.652. The van der Waals surface area contributed by atoms with E-state index in [0.717, 1.165) is 30.0 Å². The molecule has 0 saturated heterocycles. The Labute approximate surface area is 180 Å². The molecule has 0 aliphatic heterocycles. The maximum absolute atomic E-state index is 12.6. The van der Waals surface area contributed by atoms with Gasteiger partial charge >= 0.3 is 0 Å². The highest BCUT2D eigenvalue weighted by molar-refractivity contribution is 6.30. The van der Waals surface area contributed by atoms with E-state index in [1.54, 1.807) is 30.5 Å². The zero-order chi connectivity index (χ0) is 20.7. The van der Waals surface area contributed by atoms with Crippen LogP contribution < -0.4 is 10.1 Å². The van der Waals surface area contributed by atoms with E-state index in [-0.39, 0.29) is 18.1 Å². The predicted molar refractivity (Wildman–Crippen MR) is 117 cm³/mol. The third-order valence-corrected chi connectivity index (χ3v) is 6.86. The van der Waals surface area contributed by atoms with Crippen molar-refractivity contribution in [3.05, 3.63) is 65.3 Å². The first-order valence-electron chi connectivity index (χ1n) is 10.6. The smallest absolute Gasteiger partial charge is 0.251 e. The number of halogens is 1. The molecule has 1 heterocycles. The second-order valence-electron chi connectivity index (χ2n) is 8.35.